The first-order valence-corrected chi connectivity index (χ1v) is 8.58. The number of imide groups is 1. The summed E-state index contributed by atoms with van der Waals surface area (Å²) in [4.78, 5) is 40.2. The van der Waals surface area contributed by atoms with Gasteiger partial charge in [0.05, 0.1) is 0 Å². The number of fused-ring (bicyclic) bond motifs is 1. The van der Waals surface area contributed by atoms with Crippen LogP contribution in [0.4, 0.5) is 0 Å². The molecule has 1 saturated heterocycles. The van der Waals surface area contributed by atoms with Gasteiger partial charge in [-0.15, -0.1) is 0 Å². The van der Waals surface area contributed by atoms with Crippen molar-refractivity contribution in [2.45, 2.75) is 44.9 Å². The fraction of sp³-hybridized carbons (Fsp3) is 0.500. The van der Waals surface area contributed by atoms with Crippen LogP contribution < -0.4 is 11.1 Å². The van der Waals surface area contributed by atoms with Crippen LogP contribution in [-0.4, -0.2) is 53.2 Å². The molecule has 0 radical (unpaired) electrons. The van der Waals surface area contributed by atoms with Gasteiger partial charge in [0.25, 0.3) is 5.91 Å². The third-order valence-electron chi connectivity index (χ3n) is 5.15. The van der Waals surface area contributed by atoms with Gasteiger partial charge in [-0.25, -0.2) is 0 Å². The number of hydrogen-bond acceptors (Lipinski definition) is 5. The van der Waals surface area contributed by atoms with Crippen LogP contribution in [0.25, 0.3) is 0 Å². The molecule has 3 rings (SSSR count). The Kier molecular flexibility index (Phi) is 4.87. The minimum Gasteiger partial charge on any atom is -0.329 e. The first-order chi connectivity index (χ1) is 11.9. The Balaban J connectivity index is 1.83. The van der Waals surface area contributed by atoms with Gasteiger partial charge in [-0.05, 0) is 31.5 Å². The second-order valence-corrected chi connectivity index (χ2v) is 6.85. The molecule has 134 valence electrons. The largest absolute Gasteiger partial charge is 0.329 e. The first kappa shape index (κ1) is 17.6. The number of nitrogens with one attached hydrogen (secondary N) is 1. The number of benzene rings is 1. The van der Waals surface area contributed by atoms with E-state index in [1.807, 2.05) is 32.2 Å². The highest BCUT2D eigenvalue weighted by atomic mass is 16.2. The molecule has 1 fully saturated rings. The maximum Gasteiger partial charge on any atom is 0.255 e. The van der Waals surface area contributed by atoms with E-state index in [4.69, 9.17) is 5.73 Å². The Hall–Kier alpha value is -2.25. The van der Waals surface area contributed by atoms with Crippen LogP contribution in [0.2, 0.25) is 0 Å². The van der Waals surface area contributed by atoms with E-state index in [1.165, 1.54) is 0 Å². The van der Waals surface area contributed by atoms with Crippen molar-refractivity contribution in [1.82, 2.24) is 15.1 Å². The van der Waals surface area contributed by atoms with E-state index in [1.54, 1.807) is 4.90 Å². The molecule has 3 N–H and O–H groups in total. The van der Waals surface area contributed by atoms with Crippen LogP contribution >= 0.6 is 0 Å². The lowest BCUT2D eigenvalue weighted by atomic mass is 10.0. The minimum absolute atomic E-state index is 0.131. The average molecular weight is 344 g/mol. The maximum atomic E-state index is 13.0. The summed E-state index contributed by atoms with van der Waals surface area (Å²) in [7, 11) is 1.98. The quantitative estimate of drug-likeness (QED) is 0.746. The number of likely N-dealkylation sites (N-methyl/N-ethyl adjacent to an activating group) is 1. The molecule has 2 aliphatic heterocycles. The van der Waals surface area contributed by atoms with Crippen molar-refractivity contribution < 1.29 is 14.4 Å². The van der Waals surface area contributed by atoms with Crippen LogP contribution in [-0.2, 0) is 22.7 Å². The fourth-order valence-electron chi connectivity index (χ4n) is 3.43. The molecular weight excluding hydrogens is 320 g/mol. The van der Waals surface area contributed by atoms with Gasteiger partial charge in [0, 0.05) is 37.7 Å². The van der Waals surface area contributed by atoms with Gasteiger partial charge in [0.1, 0.15) is 6.04 Å². The molecule has 0 aromatic heterocycles. The monoisotopic (exact) mass is 344 g/mol. The lowest BCUT2D eigenvalue weighted by molar-refractivity contribution is -0.136. The van der Waals surface area contributed by atoms with Crippen molar-refractivity contribution in [3.63, 3.8) is 0 Å². The van der Waals surface area contributed by atoms with E-state index in [2.05, 4.69) is 10.2 Å². The Morgan fingerprint density at radius 1 is 1.36 bits per heavy atom. The zero-order valence-corrected chi connectivity index (χ0v) is 14.6. The van der Waals surface area contributed by atoms with Gasteiger partial charge >= 0.3 is 0 Å². The number of nitrogens with two attached hydrogens (primary N) is 1. The van der Waals surface area contributed by atoms with Crippen molar-refractivity contribution in [2.24, 2.45) is 5.73 Å². The number of amides is 3. The van der Waals surface area contributed by atoms with Crippen molar-refractivity contribution >= 4 is 17.7 Å². The van der Waals surface area contributed by atoms with E-state index in [0.717, 1.165) is 11.1 Å². The molecule has 1 unspecified atom stereocenters. The van der Waals surface area contributed by atoms with Crippen LogP contribution in [0.1, 0.15) is 41.3 Å². The Morgan fingerprint density at radius 3 is 2.80 bits per heavy atom. The zero-order chi connectivity index (χ0) is 18.1. The van der Waals surface area contributed by atoms with Gasteiger partial charge in [-0.3, -0.25) is 24.6 Å². The molecule has 1 aromatic rings. The standard InChI is InChI=1S/C18H24N4O3/c1-11(8-19)21(2)9-12-4-3-5-13-10-22(18(25)16(12)13)14-6-7-15(23)20-17(14)24/h3-5,11,14H,6-10,19H2,1-2H3,(H,20,23,24)/t11-,14?/m1/s1. The second kappa shape index (κ2) is 6.93. The Morgan fingerprint density at radius 2 is 2.12 bits per heavy atom. The fourth-order valence-corrected chi connectivity index (χ4v) is 3.43. The molecule has 3 amide bonds. The molecule has 2 heterocycles. The Labute approximate surface area is 147 Å². The SMILES string of the molecule is C[C@H](CN)N(C)Cc1cccc2c1C(=O)N(C1CCC(=O)NC1=O)C2. The molecule has 1 aromatic carbocycles. The van der Waals surface area contributed by atoms with E-state index in [9.17, 15) is 14.4 Å². The van der Waals surface area contributed by atoms with E-state index in [-0.39, 0.29) is 30.2 Å². The normalized spacial score (nSPS) is 21.5. The summed E-state index contributed by atoms with van der Waals surface area (Å²) in [5, 5.41) is 2.33. The lowest BCUT2D eigenvalue weighted by Gasteiger charge is -2.29. The van der Waals surface area contributed by atoms with Crippen molar-refractivity contribution in [3.05, 3.63) is 34.9 Å². The number of carbonyl (C=O) groups excluding carboxylic acids is 3. The smallest absolute Gasteiger partial charge is 0.255 e. The summed E-state index contributed by atoms with van der Waals surface area (Å²) >= 11 is 0. The summed E-state index contributed by atoms with van der Waals surface area (Å²) in [5.41, 5.74) is 8.28. The first-order valence-electron chi connectivity index (χ1n) is 8.58. The van der Waals surface area contributed by atoms with Gasteiger partial charge in [0.15, 0.2) is 0 Å². The van der Waals surface area contributed by atoms with Crippen LogP contribution in [0.5, 0.6) is 0 Å². The Bertz CT molecular complexity index is 718. The highest BCUT2D eigenvalue weighted by molar-refractivity contribution is 6.05. The molecule has 7 heteroatoms. The van der Waals surface area contributed by atoms with Crippen molar-refractivity contribution in [3.8, 4) is 0 Å². The van der Waals surface area contributed by atoms with Crippen LogP contribution in [0.15, 0.2) is 18.2 Å². The number of hydrogen-bond donors (Lipinski definition) is 2. The highest BCUT2D eigenvalue weighted by Crippen LogP contribution is 2.30. The number of piperidine rings is 1. The molecular formula is C18H24N4O3. The van der Waals surface area contributed by atoms with Crippen molar-refractivity contribution in [2.75, 3.05) is 13.6 Å². The van der Waals surface area contributed by atoms with Gasteiger partial charge in [-0.1, -0.05) is 18.2 Å². The van der Waals surface area contributed by atoms with Crippen molar-refractivity contribution in [1.29, 1.82) is 0 Å². The molecule has 25 heavy (non-hydrogen) atoms. The molecule has 0 bridgehead atoms. The van der Waals surface area contributed by atoms with Gasteiger partial charge < -0.3 is 10.6 Å². The van der Waals surface area contributed by atoms with Crippen LogP contribution in [0.3, 0.4) is 0 Å². The average Bonchev–Trinajstić information content (AvgIpc) is 2.92. The van der Waals surface area contributed by atoms with Gasteiger partial charge in [-0.2, -0.15) is 0 Å². The molecule has 0 aliphatic carbocycles. The summed E-state index contributed by atoms with van der Waals surface area (Å²) in [6.45, 7) is 3.61. The molecule has 0 saturated carbocycles. The van der Waals surface area contributed by atoms with E-state index < -0.39 is 6.04 Å². The number of carbonyl (C=O) groups is 3. The second-order valence-electron chi connectivity index (χ2n) is 6.85. The maximum absolute atomic E-state index is 13.0. The summed E-state index contributed by atoms with van der Waals surface area (Å²) < 4.78 is 0. The zero-order valence-electron chi connectivity index (χ0n) is 14.6. The molecule has 7 nitrogen and oxygen atoms in total. The predicted octanol–water partition coefficient (Wildman–Crippen LogP) is 0.227. The number of rotatable bonds is 5. The topological polar surface area (TPSA) is 95.7 Å². The van der Waals surface area contributed by atoms with E-state index in [0.29, 0.717) is 31.6 Å². The molecule has 2 atom stereocenters. The summed E-state index contributed by atoms with van der Waals surface area (Å²) in [6, 6.07) is 5.44. The summed E-state index contributed by atoms with van der Waals surface area (Å²) in [5.74, 6) is -0.787. The molecule has 2 aliphatic rings. The summed E-state index contributed by atoms with van der Waals surface area (Å²) in [6.07, 6.45) is 0.643. The third-order valence-corrected chi connectivity index (χ3v) is 5.15. The minimum atomic E-state index is -0.578. The third kappa shape index (κ3) is 3.29. The highest BCUT2D eigenvalue weighted by Gasteiger charge is 2.40. The number of nitrogens with zero attached hydrogens (tertiary/aromatic N) is 2. The molecule has 0 spiro atoms. The van der Waals surface area contributed by atoms with Crippen LogP contribution in [0, 0.1) is 0 Å². The predicted molar refractivity (Wildman–Crippen MR) is 92.5 cm³/mol. The van der Waals surface area contributed by atoms with E-state index >= 15 is 0 Å². The lowest BCUT2D eigenvalue weighted by Crippen LogP contribution is -2.52. The van der Waals surface area contributed by atoms with Gasteiger partial charge in [0.2, 0.25) is 11.8 Å².